The molecule has 1 aromatic rings. The molecule has 2 N–H and O–H groups in total. The molecule has 0 aliphatic rings. The van der Waals surface area contributed by atoms with Gasteiger partial charge in [0.2, 0.25) is 11.7 Å². The van der Waals surface area contributed by atoms with Gasteiger partial charge in [0.1, 0.15) is 6.10 Å². The summed E-state index contributed by atoms with van der Waals surface area (Å²) in [5.41, 5.74) is 5.87. The van der Waals surface area contributed by atoms with Gasteiger partial charge >= 0.3 is 0 Å². The minimum absolute atomic E-state index is 0.00141. The molecule has 0 saturated carbocycles. The van der Waals surface area contributed by atoms with Crippen molar-refractivity contribution in [1.82, 2.24) is 10.1 Å². The Morgan fingerprint density at radius 1 is 1.32 bits per heavy atom. The minimum Gasteiger partial charge on any atom is -0.370 e. The highest BCUT2D eigenvalue weighted by Crippen LogP contribution is 2.35. The van der Waals surface area contributed by atoms with Crippen molar-refractivity contribution in [2.45, 2.75) is 66.0 Å². The van der Waals surface area contributed by atoms with Crippen LogP contribution in [0.2, 0.25) is 0 Å². The topological polar surface area (TPSA) is 74.2 Å². The SMILES string of the molecule is CCOC(c1noc(C(CC)C(C)N)n1)C(C)(C)C. The third-order valence-electron chi connectivity index (χ3n) is 3.20. The number of nitrogens with two attached hydrogens (primary N) is 1. The molecule has 3 atom stereocenters. The average Bonchev–Trinajstić information content (AvgIpc) is 2.73. The number of rotatable bonds is 6. The van der Waals surface area contributed by atoms with Crippen LogP contribution in [0.4, 0.5) is 0 Å². The molecule has 0 aliphatic heterocycles. The van der Waals surface area contributed by atoms with Gasteiger partial charge in [-0.25, -0.2) is 0 Å². The van der Waals surface area contributed by atoms with Crippen LogP contribution < -0.4 is 5.73 Å². The van der Waals surface area contributed by atoms with E-state index in [0.29, 0.717) is 18.3 Å². The molecule has 1 aromatic heterocycles. The van der Waals surface area contributed by atoms with Gasteiger partial charge in [-0.2, -0.15) is 4.98 Å². The maximum absolute atomic E-state index is 5.95. The zero-order chi connectivity index (χ0) is 14.6. The van der Waals surface area contributed by atoms with Gasteiger partial charge in [-0.3, -0.25) is 0 Å². The summed E-state index contributed by atoms with van der Waals surface area (Å²) in [6.07, 6.45) is 0.717. The molecule has 110 valence electrons. The predicted molar refractivity (Wildman–Crippen MR) is 74.8 cm³/mol. The van der Waals surface area contributed by atoms with E-state index in [4.69, 9.17) is 15.0 Å². The van der Waals surface area contributed by atoms with Crippen LogP contribution in [0, 0.1) is 5.41 Å². The molecule has 0 aromatic carbocycles. The maximum Gasteiger partial charge on any atom is 0.231 e. The lowest BCUT2D eigenvalue weighted by molar-refractivity contribution is -0.0203. The standard InChI is InChI=1S/C14H27N3O2/c1-7-10(9(3)15)13-16-12(17-19-13)11(18-8-2)14(4,5)6/h9-11H,7-8,15H2,1-6H3. The summed E-state index contributed by atoms with van der Waals surface area (Å²) in [6.45, 7) is 12.9. The Morgan fingerprint density at radius 3 is 2.37 bits per heavy atom. The molecule has 0 saturated heterocycles. The lowest BCUT2D eigenvalue weighted by atomic mass is 9.88. The van der Waals surface area contributed by atoms with Crippen LogP contribution in [0.1, 0.15) is 71.7 Å². The molecule has 1 heterocycles. The van der Waals surface area contributed by atoms with Gasteiger partial charge in [-0.05, 0) is 25.7 Å². The second-order valence-corrected chi connectivity index (χ2v) is 6.07. The number of hydrogen-bond acceptors (Lipinski definition) is 5. The van der Waals surface area contributed by atoms with E-state index in [1.165, 1.54) is 0 Å². The van der Waals surface area contributed by atoms with E-state index >= 15 is 0 Å². The highest BCUT2D eigenvalue weighted by atomic mass is 16.5. The Balaban J connectivity index is 2.99. The van der Waals surface area contributed by atoms with Gasteiger partial charge in [0.05, 0.1) is 5.92 Å². The maximum atomic E-state index is 5.95. The fraction of sp³-hybridized carbons (Fsp3) is 0.857. The second-order valence-electron chi connectivity index (χ2n) is 6.07. The van der Waals surface area contributed by atoms with Gasteiger partial charge in [0.15, 0.2) is 0 Å². The molecule has 0 fully saturated rings. The molecular formula is C14H27N3O2. The normalized spacial score (nSPS) is 17.2. The first-order chi connectivity index (χ1) is 8.81. The molecular weight excluding hydrogens is 242 g/mol. The minimum atomic E-state index is -0.166. The van der Waals surface area contributed by atoms with Crippen molar-refractivity contribution in [2.75, 3.05) is 6.61 Å². The molecule has 0 spiro atoms. The lowest BCUT2D eigenvalue weighted by Crippen LogP contribution is -2.25. The summed E-state index contributed by atoms with van der Waals surface area (Å²) in [4.78, 5) is 4.51. The number of nitrogens with zero attached hydrogens (tertiary/aromatic N) is 2. The van der Waals surface area contributed by atoms with Crippen LogP contribution in [0.5, 0.6) is 0 Å². The van der Waals surface area contributed by atoms with E-state index in [1.54, 1.807) is 0 Å². The average molecular weight is 269 g/mol. The molecule has 5 nitrogen and oxygen atoms in total. The Kier molecular flexibility index (Phi) is 5.50. The van der Waals surface area contributed by atoms with E-state index in [2.05, 4.69) is 37.8 Å². The molecule has 0 radical (unpaired) electrons. The van der Waals surface area contributed by atoms with Gasteiger partial charge in [-0.15, -0.1) is 0 Å². The monoisotopic (exact) mass is 269 g/mol. The molecule has 1 rings (SSSR count). The first-order valence-corrected chi connectivity index (χ1v) is 7.01. The van der Waals surface area contributed by atoms with Crippen LogP contribution in [0.25, 0.3) is 0 Å². The number of hydrogen-bond donors (Lipinski definition) is 1. The van der Waals surface area contributed by atoms with E-state index in [9.17, 15) is 0 Å². The molecule has 19 heavy (non-hydrogen) atoms. The first-order valence-electron chi connectivity index (χ1n) is 7.01. The third kappa shape index (κ3) is 4.01. The Bertz CT molecular complexity index is 382. The summed E-state index contributed by atoms with van der Waals surface area (Å²) in [5.74, 6) is 1.33. The summed E-state index contributed by atoms with van der Waals surface area (Å²) in [5, 5.41) is 4.09. The summed E-state index contributed by atoms with van der Waals surface area (Å²) < 4.78 is 11.1. The third-order valence-corrected chi connectivity index (χ3v) is 3.20. The van der Waals surface area contributed by atoms with Crippen molar-refractivity contribution in [3.63, 3.8) is 0 Å². The summed E-state index contributed by atoms with van der Waals surface area (Å²) >= 11 is 0. The van der Waals surface area contributed by atoms with Crippen molar-refractivity contribution in [3.8, 4) is 0 Å². The highest BCUT2D eigenvalue weighted by molar-refractivity contribution is 5.01. The van der Waals surface area contributed by atoms with E-state index in [-0.39, 0.29) is 23.5 Å². The van der Waals surface area contributed by atoms with Crippen molar-refractivity contribution >= 4 is 0 Å². The van der Waals surface area contributed by atoms with Gasteiger partial charge in [0.25, 0.3) is 0 Å². The van der Waals surface area contributed by atoms with Gasteiger partial charge in [0, 0.05) is 12.6 Å². The highest BCUT2D eigenvalue weighted by Gasteiger charge is 2.32. The van der Waals surface area contributed by atoms with E-state index in [1.807, 2.05) is 13.8 Å². The Hall–Kier alpha value is -0.940. The Labute approximate surface area is 115 Å². The molecule has 3 unspecified atom stereocenters. The molecule has 5 heteroatoms. The smallest absolute Gasteiger partial charge is 0.231 e. The molecule has 0 amide bonds. The number of ether oxygens (including phenoxy) is 1. The lowest BCUT2D eigenvalue weighted by Gasteiger charge is -2.27. The predicted octanol–water partition coefficient (Wildman–Crippen LogP) is 3.03. The second kappa shape index (κ2) is 6.48. The van der Waals surface area contributed by atoms with Crippen LogP contribution in [0.15, 0.2) is 4.52 Å². The Morgan fingerprint density at radius 2 is 1.95 bits per heavy atom. The van der Waals surface area contributed by atoms with Crippen molar-refractivity contribution in [2.24, 2.45) is 11.1 Å². The van der Waals surface area contributed by atoms with Crippen LogP contribution in [0.3, 0.4) is 0 Å². The largest absolute Gasteiger partial charge is 0.370 e. The van der Waals surface area contributed by atoms with Crippen molar-refractivity contribution < 1.29 is 9.26 Å². The zero-order valence-electron chi connectivity index (χ0n) is 12.9. The van der Waals surface area contributed by atoms with Gasteiger partial charge < -0.3 is 15.0 Å². The zero-order valence-corrected chi connectivity index (χ0v) is 12.9. The summed E-state index contributed by atoms with van der Waals surface area (Å²) in [6, 6.07) is -0.00141. The van der Waals surface area contributed by atoms with E-state index < -0.39 is 0 Å². The first kappa shape index (κ1) is 16.1. The fourth-order valence-electron chi connectivity index (χ4n) is 2.15. The number of aromatic nitrogens is 2. The van der Waals surface area contributed by atoms with Crippen LogP contribution in [-0.2, 0) is 4.74 Å². The van der Waals surface area contributed by atoms with E-state index in [0.717, 1.165) is 6.42 Å². The van der Waals surface area contributed by atoms with Crippen LogP contribution in [-0.4, -0.2) is 22.8 Å². The van der Waals surface area contributed by atoms with Crippen molar-refractivity contribution in [1.29, 1.82) is 0 Å². The molecule has 0 bridgehead atoms. The summed E-state index contributed by atoms with van der Waals surface area (Å²) in [7, 11) is 0. The molecule has 0 aliphatic carbocycles. The van der Waals surface area contributed by atoms with Crippen LogP contribution >= 0.6 is 0 Å². The quantitative estimate of drug-likeness (QED) is 0.859. The fourth-order valence-corrected chi connectivity index (χ4v) is 2.15. The van der Waals surface area contributed by atoms with Crippen molar-refractivity contribution in [3.05, 3.63) is 11.7 Å². The van der Waals surface area contributed by atoms with Gasteiger partial charge in [-0.1, -0.05) is 32.9 Å².